The normalized spacial score (nSPS) is 25.3. The van der Waals surface area contributed by atoms with E-state index in [1.165, 1.54) is 55.8 Å². The molecular weight excluding hydrogens is 276 g/mol. The molecule has 1 aromatic carbocycles. The Bertz CT molecular complexity index is 416. The number of piperidine rings is 1. The molecule has 1 aromatic rings. The first kappa shape index (κ1) is 15.4. The van der Waals surface area contributed by atoms with Crippen molar-refractivity contribution < 1.29 is 0 Å². The van der Waals surface area contributed by atoms with Gasteiger partial charge in [0.15, 0.2) is 0 Å². The number of nitrogens with zero attached hydrogens (tertiary/aromatic N) is 2. The zero-order chi connectivity index (χ0) is 14.5. The summed E-state index contributed by atoms with van der Waals surface area (Å²) in [5.41, 5.74) is 1.44. The molecule has 2 heterocycles. The Morgan fingerprint density at radius 2 is 1.90 bits per heavy atom. The van der Waals surface area contributed by atoms with Gasteiger partial charge in [0.05, 0.1) is 0 Å². The Balaban J connectivity index is 1.55. The molecule has 0 spiro atoms. The summed E-state index contributed by atoms with van der Waals surface area (Å²) >= 11 is 2.13. The minimum atomic E-state index is 0.730. The summed E-state index contributed by atoms with van der Waals surface area (Å²) in [5, 5.41) is 0. The van der Waals surface area contributed by atoms with Crippen molar-refractivity contribution >= 4 is 11.8 Å². The number of benzene rings is 1. The first-order valence-electron chi connectivity index (χ1n) is 8.39. The van der Waals surface area contributed by atoms with Crippen molar-refractivity contribution in [2.75, 3.05) is 31.6 Å². The average molecular weight is 305 g/mol. The van der Waals surface area contributed by atoms with E-state index in [4.69, 9.17) is 0 Å². The first-order valence-corrected chi connectivity index (χ1v) is 9.54. The van der Waals surface area contributed by atoms with E-state index < -0.39 is 0 Å². The molecule has 0 aromatic heterocycles. The molecule has 2 fully saturated rings. The van der Waals surface area contributed by atoms with E-state index in [0.717, 1.165) is 18.6 Å². The number of thioether (sulfide) groups is 1. The molecule has 0 amide bonds. The highest BCUT2D eigenvalue weighted by Gasteiger charge is 2.28. The molecule has 2 saturated heterocycles. The van der Waals surface area contributed by atoms with Crippen LogP contribution in [-0.4, -0.2) is 53.5 Å². The molecule has 3 rings (SSSR count). The van der Waals surface area contributed by atoms with Crippen LogP contribution in [-0.2, 0) is 6.54 Å². The summed E-state index contributed by atoms with van der Waals surface area (Å²) in [6, 6.07) is 12.5. The minimum Gasteiger partial charge on any atom is -0.299 e. The van der Waals surface area contributed by atoms with Gasteiger partial charge in [-0.2, -0.15) is 11.8 Å². The lowest BCUT2D eigenvalue weighted by Gasteiger charge is -2.42. The summed E-state index contributed by atoms with van der Waals surface area (Å²) < 4.78 is 0. The van der Waals surface area contributed by atoms with Crippen LogP contribution in [0.4, 0.5) is 0 Å². The van der Waals surface area contributed by atoms with Crippen molar-refractivity contribution in [3.63, 3.8) is 0 Å². The highest BCUT2D eigenvalue weighted by Crippen LogP contribution is 2.26. The van der Waals surface area contributed by atoms with E-state index >= 15 is 0 Å². The fourth-order valence-corrected chi connectivity index (χ4v) is 4.81. The van der Waals surface area contributed by atoms with Gasteiger partial charge in [-0.05, 0) is 56.3 Å². The van der Waals surface area contributed by atoms with E-state index in [2.05, 4.69) is 58.9 Å². The lowest BCUT2D eigenvalue weighted by atomic mass is 9.99. The van der Waals surface area contributed by atoms with Gasteiger partial charge in [0.25, 0.3) is 0 Å². The molecule has 0 bridgehead atoms. The zero-order valence-electron chi connectivity index (χ0n) is 13.2. The van der Waals surface area contributed by atoms with Crippen molar-refractivity contribution in [3.05, 3.63) is 35.9 Å². The zero-order valence-corrected chi connectivity index (χ0v) is 14.0. The number of likely N-dealkylation sites (tertiary alicyclic amines) is 1. The maximum Gasteiger partial charge on any atom is 0.0234 e. The number of hydrogen-bond donors (Lipinski definition) is 0. The third kappa shape index (κ3) is 4.24. The molecule has 0 aliphatic carbocycles. The van der Waals surface area contributed by atoms with Gasteiger partial charge in [0, 0.05) is 25.2 Å². The van der Waals surface area contributed by atoms with Crippen molar-refractivity contribution in [3.8, 4) is 0 Å². The van der Waals surface area contributed by atoms with Gasteiger partial charge in [-0.25, -0.2) is 0 Å². The smallest absolute Gasteiger partial charge is 0.0234 e. The molecule has 2 aliphatic rings. The predicted molar refractivity (Wildman–Crippen MR) is 92.9 cm³/mol. The van der Waals surface area contributed by atoms with Crippen LogP contribution in [0.2, 0.25) is 0 Å². The molecular formula is C18H28N2S. The van der Waals surface area contributed by atoms with Crippen LogP contribution in [0.3, 0.4) is 0 Å². The van der Waals surface area contributed by atoms with Crippen molar-refractivity contribution in [2.24, 2.45) is 0 Å². The second-order valence-corrected chi connectivity index (χ2v) is 7.76. The molecule has 1 unspecified atom stereocenters. The number of likely N-dealkylation sites (N-methyl/N-ethyl adjacent to an activating group) is 1. The van der Waals surface area contributed by atoms with Gasteiger partial charge in [0.1, 0.15) is 0 Å². The Kier molecular flexibility index (Phi) is 5.61. The van der Waals surface area contributed by atoms with Crippen LogP contribution in [0.1, 0.15) is 31.2 Å². The van der Waals surface area contributed by atoms with Gasteiger partial charge >= 0.3 is 0 Å². The summed E-state index contributed by atoms with van der Waals surface area (Å²) in [6.07, 6.45) is 5.54. The Morgan fingerprint density at radius 3 is 2.67 bits per heavy atom. The summed E-state index contributed by atoms with van der Waals surface area (Å²) in [4.78, 5) is 5.36. The molecule has 116 valence electrons. The molecule has 1 atom stereocenters. The monoisotopic (exact) mass is 304 g/mol. The molecule has 0 N–H and O–H groups in total. The topological polar surface area (TPSA) is 6.48 Å². The molecule has 21 heavy (non-hydrogen) atoms. The number of rotatable bonds is 4. The molecule has 2 aliphatic heterocycles. The van der Waals surface area contributed by atoms with Crippen molar-refractivity contribution in [2.45, 2.75) is 44.3 Å². The van der Waals surface area contributed by atoms with Gasteiger partial charge < -0.3 is 0 Å². The molecule has 0 saturated carbocycles. The third-order valence-corrected chi connectivity index (χ3v) is 6.08. The van der Waals surface area contributed by atoms with E-state index in [1.807, 2.05) is 0 Å². The average Bonchev–Trinajstić information content (AvgIpc) is 2.57. The van der Waals surface area contributed by atoms with Crippen LogP contribution >= 0.6 is 11.8 Å². The Labute approximate surface area is 133 Å². The second kappa shape index (κ2) is 7.66. The summed E-state index contributed by atoms with van der Waals surface area (Å²) in [5.74, 6) is 2.73. The van der Waals surface area contributed by atoms with Crippen LogP contribution in [0, 0.1) is 0 Å². The quantitative estimate of drug-likeness (QED) is 0.841. The third-order valence-electron chi connectivity index (χ3n) is 5.03. The van der Waals surface area contributed by atoms with Gasteiger partial charge in [-0.3, -0.25) is 9.80 Å². The number of hydrogen-bond acceptors (Lipinski definition) is 3. The van der Waals surface area contributed by atoms with Crippen LogP contribution in [0.25, 0.3) is 0 Å². The van der Waals surface area contributed by atoms with Crippen LogP contribution in [0.15, 0.2) is 30.3 Å². The first-order chi connectivity index (χ1) is 10.3. The minimum absolute atomic E-state index is 0.730. The van der Waals surface area contributed by atoms with Crippen LogP contribution < -0.4 is 0 Å². The molecule has 0 radical (unpaired) electrons. The van der Waals surface area contributed by atoms with Gasteiger partial charge in [-0.1, -0.05) is 30.3 Å². The van der Waals surface area contributed by atoms with E-state index in [-0.39, 0.29) is 0 Å². The van der Waals surface area contributed by atoms with Crippen molar-refractivity contribution in [1.29, 1.82) is 0 Å². The second-order valence-electron chi connectivity index (χ2n) is 6.54. The van der Waals surface area contributed by atoms with E-state index in [1.54, 1.807) is 0 Å². The van der Waals surface area contributed by atoms with Gasteiger partial charge in [-0.15, -0.1) is 0 Å². The fourth-order valence-electron chi connectivity index (χ4n) is 3.73. The highest BCUT2D eigenvalue weighted by molar-refractivity contribution is 7.99. The molecule has 3 heteroatoms. The summed E-state index contributed by atoms with van der Waals surface area (Å²) in [6.45, 7) is 3.68. The van der Waals surface area contributed by atoms with Gasteiger partial charge in [0.2, 0.25) is 0 Å². The lowest BCUT2D eigenvalue weighted by Crippen LogP contribution is -2.50. The van der Waals surface area contributed by atoms with E-state index in [0.29, 0.717) is 0 Å². The van der Waals surface area contributed by atoms with E-state index in [9.17, 15) is 0 Å². The maximum atomic E-state index is 2.79. The Hall–Kier alpha value is -0.510. The SMILES string of the molecule is CN(Cc1ccccc1)C1CCCN(C2CCSCC2)C1. The molecule has 2 nitrogen and oxygen atoms in total. The fraction of sp³-hybridized carbons (Fsp3) is 0.667. The highest BCUT2D eigenvalue weighted by atomic mass is 32.2. The van der Waals surface area contributed by atoms with Crippen molar-refractivity contribution in [1.82, 2.24) is 9.80 Å². The summed E-state index contributed by atoms with van der Waals surface area (Å²) in [7, 11) is 2.30. The Morgan fingerprint density at radius 1 is 1.14 bits per heavy atom. The lowest BCUT2D eigenvalue weighted by molar-refractivity contribution is 0.0774. The van der Waals surface area contributed by atoms with Crippen LogP contribution in [0.5, 0.6) is 0 Å². The largest absolute Gasteiger partial charge is 0.299 e. The maximum absolute atomic E-state index is 2.79. The standard InChI is InChI=1S/C18H28N2S/c1-19(14-16-6-3-2-4-7-16)18-8-5-11-20(15-18)17-9-12-21-13-10-17/h2-4,6-7,17-18H,5,8-15H2,1H3. The predicted octanol–water partition coefficient (Wildman–Crippen LogP) is 3.48.